The van der Waals surface area contributed by atoms with Gasteiger partial charge in [0.05, 0.1) is 6.10 Å². The van der Waals surface area contributed by atoms with Crippen LogP contribution in [0.4, 0.5) is 13.2 Å². The van der Waals surface area contributed by atoms with Crippen LogP contribution in [0.5, 0.6) is 0 Å². The highest BCUT2D eigenvalue weighted by molar-refractivity contribution is 5.80. The highest BCUT2D eigenvalue weighted by atomic mass is 19.4. The molecule has 0 unspecified atom stereocenters. The standard InChI is InChI=1S/C13H22N2O2.C2HF3O2/c1-4-8-15-9-7-11-10(15)5-6-12(17-11)13(16)14(2)3;3-2(4,5)1(6)7/h4,10-12H,1,5-9H2,2-3H3;(H,6,7)/t10-,11-,12+;/m1./s1. The minimum atomic E-state index is -5.08. The number of aliphatic carboxylic acids is 1. The number of ether oxygens (including phenoxy) is 1. The van der Waals surface area contributed by atoms with Crippen molar-refractivity contribution < 1.29 is 32.6 Å². The van der Waals surface area contributed by atoms with E-state index in [0.717, 1.165) is 32.4 Å². The zero-order valence-electron chi connectivity index (χ0n) is 13.8. The van der Waals surface area contributed by atoms with Gasteiger partial charge >= 0.3 is 12.1 Å². The van der Waals surface area contributed by atoms with E-state index in [0.29, 0.717) is 6.04 Å². The first-order chi connectivity index (χ1) is 11.1. The van der Waals surface area contributed by atoms with E-state index >= 15 is 0 Å². The number of alkyl halides is 3. The van der Waals surface area contributed by atoms with Gasteiger partial charge in [0.15, 0.2) is 0 Å². The first-order valence-electron chi connectivity index (χ1n) is 7.59. The lowest BCUT2D eigenvalue weighted by atomic mass is 9.98. The Kier molecular flexibility index (Phi) is 7.22. The molecule has 2 aliphatic heterocycles. The number of fused-ring (bicyclic) bond motifs is 1. The van der Waals surface area contributed by atoms with Crippen LogP contribution in [0.3, 0.4) is 0 Å². The second-order valence-electron chi connectivity index (χ2n) is 5.92. The smallest absolute Gasteiger partial charge is 0.475 e. The van der Waals surface area contributed by atoms with Crippen LogP contribution in [0.1, 0.15) is 19.3 Å². The van der Waals surface area contributed by atoms with Crippen LogP contribution in [-0.2, 0) is 14.3 Å². The van der Waals surface area contributed by atoms with Gasteiger partial charge in [-0.05, 0) is 19.3 Å². The number of hydrogen-bond donors (Lipinski definition) is 1. The quantitative estimate of drug-likeness (QED) is 0.780. The largest absolute Gasteiger partial charge is 0.490 e. The van der Waals surface area contributed by atoms with Crippen molar-refractivity contribution in [1.29, 1.82) is 0 Å². The van der Waals surface area contributed by atoms with Crippen molar-refractivity contribution in [3.63, 3.8) is 0 Å². The highest BCUT2D eigenvalue weighted by Crippen LogP contribution is 2.31. The van der Waals surface area contributed by atoms with Gasteiger partial charge in [0.2, 0.25) is 0 Å². The normalized spacial score (nSPS) is 26.8. The Morgan fingerprint density at radius 3 is 2.38 bits per heavy atom. The lowest BCUT2D eigenvalue weighted by Crippen LogP contribution is -2.47. The molecule has 2 saturated heterocycles. The van der Waals surface area contributed by atoms with Crippen LogP contribution in [0.15, 0.2) is 12.7 Å². The van der Waals surface area contributed by atoms with E-state index in [2.05, 4.69) is 11.5 Å². The van der Waals surface area contributed by atoms with E-state index in [1.165, 1.54) is 0 Å². The number of amides is 1. The third-order valence-corrected chi connectivity index (χ3v) is 3.99. The monoisotopic (exact) mass is 352 g/mol. The summed E-state index contributed by atoms with van der Waals surface area (Å²) in [7, 11) is 3.58. The molecule has 2 heterocycles. The summed E-state index contributed by atoms with van der Waals surface area (Å²) in [6.07, 6.45) is -0.198. The zero-order chi connectivity index (χ0) is 18.5. The van der Waals surface area contributed by atoms with E-state index in [1.807, 2.05) is 6.08 Å². The van der Waals surface area contributed by atoms with E-state index in [9.17, 15) is 18.0 Å². The fourth-order valence-electron chi connectivity index (χ4n) is 2.88. The molecule has 6 nitrogen and oxygen atoms in total. The Labute approximate surface area is 138 Å². The predicted octanol–water partition coefficient (Wildman–Crippen LogP) is 1.52. The molecule has 1 N–H and O–H groups in total. The third-order valence-electron chi connectivity index (χ3n) is 3.99. The minimum Gasteiger partial charge on any atom is -0.475 e. The molecule has 0 bridgehead atoms. The zero-order valence-corrected chi connectivity index (χ0v) is 13.8. The fourth-order valence-corrected chi connectivity index (χ4v) is 2.88. The van der Waals surface area contributed by atoms with Gasteiger partial charge in [0.1, 0.15) is 6.10 Å². The molecule has 0 aromatic carbocycles. The van der Waals surface area contributed by atoms with Gasteiger partial charge in [-0.2, -0.15) is 13.2 Å². The summed E-state index contributed by atoms with van der Waals surface area (Å²) >= 11 is 0. The minimum absolute atomic E-state index is 0.102. The molecule has 2 fully saturated rings. The van der Waals surface area contributed by atoms with E-state index in [4.69, 9.17) is 14.6 Å². The summed E-state index contributed by atoms with van der Waals surface area (Å²) in [5.41, 5.74) is 0. The molecule has 2 rings (SSSR count). The summed E-state index contributed by atoms with van der Waals surface area (Å²) < 4.78 is 37.7. The molecule has 1 amide bonds. The van der Waals surface area contributed by atoms with Crippen molar-refractivity contribution in [2.24, 2.45) is 0 Å². The molecular weight excluding hydrogens is 329 g/mol. The van der Waals surface area contributed by atoms with Gasteiger partial charge in [-0.15, -0.1) is 6.58 Å². The highest BCUT2D eigenvalue weighted by Gasteiger charge is 2.41. The second-order valence-corrected chi connectivity index (χ2v) is 5.92. The molecule has 0 saturated carbocycles. The van der Waals surface area contributed by atoms with Gasteiger partial charge in [-0.25, -0.2) is 4.79 Å². The summed E-state index contributed by atoms with van der Waals surface area (Å²) in [4.78, 5) is 24.8. The maximum Gasteiger partial charge on any atom is 0.490 e. The number of carbonyl (C=O) groups excluding carboxylic acids is 1. The number of carboxylic acids is 1. The van der Waals surface area contributed by atoms with Crippen LogP contribution in [0.2, 0.25) is 0 Å². The Bertz CT molecular complexity index is 468. The van der Waals surface area contributed by atoms with Crippen molar-refractivity contribution in [1.82, 2.24) is 9.80 Å². The molecule has 138 valence electrons. The molecule has 0 aromatic heterocycles. The first kappa shape index (κ1) is 20.4. The average molecular weight is 352 g/mol. The number of carboxylic acid groups (broad SMARTS) is 1. The third kappa shape index (κ3) is 5.48. The van der Waals surface area contributed by atoms with Crippen LogP contribution in [0.25, 0.3) is 0 Å². The van der Waals surface area contributed by atoms with Crippen molar-refractivity contribution >= 4 is 11.9 Å². The van der Waals surface area contributed by atoms with Gasteiger partial charge in [0, 0.05) is 33.2 Å². The van der Waals surface area contributed by atoms with Crippen molar-refractivity contribution in [2.45, 2.75) is 43.7 Å². The Morgan fingerprint density at radius 2 is 1.92 bits per heavy atom. The Balaban J connectivity index is 0.000000351. The van der Waals surface area contributed by atoms with Gasteiger partial charge in [-0.3, -0.25) is 9.69 Å². The maximum atomic E-state index is 11.9. The molecule has 0 radical (unpaired) electrons. The van der Waals surface area contributed by atoms with E-state index < -0.39 is 12.1 Å². The van der Waals surface area contributed by atoms with Gasteiger partial charge in [0.25, 0.3) is 5.91 Å². The number of halogens is 3. The van der Waals surface area contributed by atoms with Crippen LogP contribution >= 0.6 is 0 Å². The molecular formula is C15H23F3N2O4. The number of nitrogens with zero attached hydrogens (tertiary/aromatic N) is 2. The van der Waals surface area contributed by atoms with Gasteiger partial charge < -0.3 is 14.7 Å². The molecule has 2 aliphatic rings. The topological polar surface area (TPSA) is 70.1 Å². The van der Waals surface area contributed by atoms with Crippen LogP contribution < -0.4 is 0 Å². The number of likely N-dealkylation sites (tertiary alicyclic amines) is 1. The summed E-state index contributed by atoms with van der Waals surface area (Å²) in [5, 5.41) is 7.12. The second kappa shape index (κ2) is 8.48. The Hall–Kier alpha value is -1.61. The lowest BCUT2D eigenvalue weighted by Gasteiger charge is -2.35. The average Bonchev–Trinajstić information content (AvgIpc) is 2.89. The number of rotatable bonds is 3. The summed E-state index contributed by atoms with van der Waals surface area (Å²) in [6, 6.07) is 0.485. The van der Waals surface area contributed by atoms with Crippen molar-refractivity contribution in [3.8, 4) is 0 Å². The Morgan fingerprint density at radius 1 is 1.33 bits per heavy atom. The maximum absolute atomic E-state index is 11.9. The number of likely N-dealkylation sites (N-methyl/N-ethyl adjacent to an activating group) is 1. The van der Waals surface area contributed by atoms with Crippen LogP contribution in [-0.4, -0.2) is 78.4 Å². The van der Waals surface area contributed by atoms with Gasteiger partial charge in [-0.1, -0.05) is 6.08 Å². The van der Waals surface area contributed by atoms with Crippen molar-refractivity contribution in [3.05, 3.63) is 12.7 Å². The number of hydrogen-bond acceptors (Lipinski definition) is 4. The number of carbonyl (C=O) groups is 2. The SMILES string of the molecule is C=CCN1CC[C@H]2O[C@H](C(=O)N(C)C)CC[C@H]21.O=C(O)C(F)(F)F. The first-order valence-corrected chi connectivity index (χ1v) is 7.59. The molecule has 9 heteroatoms. The molecule has 0 spiro atoms. The molecule has 3 atom stereocenters. The lowest BCUT2D eigenvalue weighted by molar-refractivity contribution is -0.192. The fraction of sp³-hybridized carbons (Fsp3) is 0.733. The predicted molar refractivity (Wildman–Crippen MR) is 80.5 cm³/mol. The van der Waals surface area contributed by atoms with Crippen molar-refractivity contribution in [2.75, 3.05) is 27.2 Å². The molecule has 24 heavy (non-hydrogen) atoms. The van der Waals surface area contributed by atoms with Crippen LogP contribution in [0, 0.1) is 0 Å². The summed E-state index contributed by atoms with van der Waals surface area (Å²) in [5.74, 6) is -2.65. The van der Waals surface area contributed by atoms with E-state index in [1.54, 1.807) is 19.0 Å². The van der Waals surface area contributed by atoms with E-state index in [-0.39, 0.29) is 18.1 Å². The summed E-state index contributed by atoms with van der Waals surface area (Å²) in [6.45, 7) is 5.77. The molecule has 0 aromatic rings. The molecule has 0 aliphatic carbocycles.